The molecule has 1 saturated heterocycles. The summed E-state index contributed by atoms with van der Waals surface area (Å²) in [5.41, 5.74) is 0.612. The van der Waals surface area contributed by atoms with Gasteiger partial charge < -0.3 is 14.8 Å². The Balaban J connectivity index is 1.43. The number of hydrogen-bond donors (Lipinski definition) is 1. The highest BCUT2D eigenvalue weighted by atomic mass is 32.1. The molecule has 28 heavy (non-hydrogen) atoms. The SMILES string of the molecule is CC1CCN(C(CNC(=O)c2ccc3c(c2)OCCCO3)c2cccs2)CC1. The normalized spacial score (nSPS) is 19.0. The van der Waals surface area contributed by atoms with Crippen LogP contribution in [-0.4, -0.2) is 43.7 Å². The summed E-state index contributed by atoms with van der Waals surface area (Å²) >= 11 is 1.76. The fourth-order valence-corrected chi connectivity index (χ4v) is 4.69. The quantitative estimate of drug-likeness (QED) is 0.821. The molecule has 1 fully saturated rings. The van der Waals surface area contributed by atoms with Crippen LogP contribution < -0.4 is 14.8 Å². The van der Waals surface area contributed by atoms with Crippen molar-refractivity contribution in [1.82, 2.24) is 10.2 Å². The van der Waals surface area contributed by atoms with Crippen LogP contribution in [0.15, 0.2) is 35.7 Å². The molecule has 0 radical (unpaired) electrons. The zero-order valence-corrected chi connectivity index (χ0v) is 17.2. The van der Waals surface area contributed by atoms with Crippen LogP contribution in [0.25, 0.3) is 0 Å². The number of ether oxygens (including phenoxy) is 2. The third-order valence-corrected chi connectivity index (χ3v) is 6.57. The average molecular weight is 401 g/mol. The summed E-state index contributed by atoms with van der Waals surface area (Å²) in [5.74, 6) is 2.09. The van der Waals surface area contributed by atoms with Crippen LogP contribution in [0, 0.1) is 5.92 Å². The number of nitrogens with zero attached hydrogens (tertiary/aromatic N) is 1. The number of thiophene rings is 1. The third kappa shape index (κ3) is 4.50. The Kier molecular flexibility index (Phi) is 6.17. The number of rotatable bonds is 5. The van der Waals surface area contributed by atoms with E-state index in [-0.39, 0.29) is 11.9 Å². The zero-order chi connectivity index (χ0) is 19.3. The van der Waals surface area contributed by atoms with Gasteiger partial charge in [-0.2, -0.15) is 0 Å². The molecule has 5 nitrogen and oxygen atoms in total. The van der Waals surface area contributed by atoms with E-state index in [4.69, 9.17) is 9.47 Å². The van der Waals surface area contributed by atoms with Gasteiger partial charge in [0.15, 0.2) is 11.5 Å². The predicted octanol–water partition coefficient (Wildman–Crippen LogP) is 4.11. The van der Waals surface area contributed by atoms with E-state index < -0.39 is 0 Å². The maximum Gasteiger partial charge on any atom is 0.251 e. The highest BCUT2D eigenvalue weighted by Gasteiger charge is 2.26. The Hall–Kier alpha value is -2.05. The van der Waals surface area contributed by atoms with Gasteiger partial charge in [0, 0.05) is 23.4 Å². The highest BCUT2D eigenvalue weighted by Crippen LogP contribution is 2.31. The van der Waals surface area contributed by atoms with Crippen molar-refractivity contribution >= 4 is 17.2 Å². The smallest absolute Gasteiger partial charge is 0.251 e. The van der Waals surface area contributed by atoms with Gasteiger partial charge in [-0.25, -0.2) is 0 Å². The molecule has 0 spiro atoms. The van der Waals surface area contributed by atoms with E-state index in [2.05, 4.69) is 34.7 Å². The minimum absolute atomic E-state index is 0.0671. The number of hydrogen-bond acceptors (Lipinski definition) is 5. The molecule has 3 heterocycles. The number of likely N-dealkylation sites (tertiary alicyclic amines) is 1. The third-order valence-electron chi connectivity index (χ3n) is 5.60. The summed E-state index contributed by atoms with van der Waals surface area (Å²) in [6.07, 6.45) is 3.29. The van der Waals surface area contributed by atoms with Crippen LogP contribution in [0.2, 0.25) is 0 Å². The Morgan fingerprint density at radius 3 is 2.75 bits per heavy atom. The molecule has 6 heteroatoms. The number of carbonyl (C=O) groups excluding carboxylic acids is 1. The number of piperidine rings is 1. The highest BCUT2D eigenvalue weighted by molar-refractivity contribution is 7.10. The minimum atomic E-state index is -0.0671. The summed E-state index contributed by atoms with van der Waals surface area (Å²) < 4.78 is 11.4. The second-order valence-electron chi connectivity index (χ2n) is 7.67. The van der Waals surface area contributed by atoms with E-state index in [9.17, 15) is 4.79 Å². The number of carbonyl (C=O) groups is 1. The first-order chi connectivity index (χ1) is 13.7. The van der Waals surface area contributed by atoms with E-state index in [0.29, 0.717) is 36.8 Å². The predicted molar refractivity (Wildman–Crippen MR) is 111 cm³/mol. The van der Waals surface area contributed by atoms with Crippen LogP contribution in [0.5, 0.6) is 11.5 Å². The molecular weight excluding hydrogens is 372 g/mol. The molecule has 2 aliphatic heterocycles. The van der Waals surface area contributed by atoms with Crippen molar-refractivity contribution < 1.29 is 14.3 Å². The maximum absolute atomic E-state index is 12.8. The topological polar surface area (TPSA) is 50.8 Å². The van der Waals surface area contributed by atoms with Gasteiger partial charge in [0.25, 0.3) is 5.91 Å². The molecule has 1 atom stereocenters. The summed E-state index contributed by atoms with van der Waals surface area (Å²) in [7, 11) is 0. The number of amides is 1. The van der Waals surface area contributed by atoms with Crippen molar-refractivity contribution in [3.63, 3.8) is 0 Å². The van der Waals surface area contributed by atoms with Crippen molar-refractivity contribution in [1.29, 1.82) is 0 Å². The second kappa shape index (κ2) is 8.97. The monoisotopic (exact) mass is 400 g/mol. The van der Waals surface area contributed by atoms with Crippen LogP contribution in [0.1, 0.15) is 47.5 Å². The van der Waals surface area contributed by atoms with Crippen molar-refractivity contribution in [3.05, 3.63) is 46.2 Å². The Morgan fingerprint density at radius 1 is 1.21 bits per heavy atom. The van der Waals surface area contributed by atoms with Gasteiger partial charge in [0.2, 0.25) is 0 Å². The maximum atomic E-state index is 12.8. The Labute approximate surface area is 170 Å². The van der Waals surface area contributed by atoms with E-state index in [1.165, 1.54) is 17.7 Å². The molecule has 1 amide bonds. The Bertz CT molecular complexity index is 785. The molecule has 2 aromatic rings. The Morgan fingerprint density at radius 2 is 2.00 bits per heavy atom. The van der Waals surface area contributed by atoms with Crippen LogP contribution in [0.3, 0.4) is 0 Å². The molecule has 0 bridgehead atoms. The summed E-state index contributed by atoms with van der Waals surface area (Å²) in [5, 5.41) is 5.26. The molecule has 2 aliphatic rings. The van der Waals surface area contributed by atoms with Gasteiger partial charge >= 0.3 is 0 Å². The number of nitrogens with one attached hydrogen (secondary N) is 1. The fraction of sp³-hybridized carbons (Fsp3) is 0.500. The van der Waals surface area contributed by atoms with E-state index >= 15 is 0 Å². The van der Waals surface area contributed by atoms with E-state index in [1.54, 1.807) is 17.4 Å². The second-order valence-corrected chi connectivity index (χ2v) is 8.65. The molecular formula is C22H28N2O3S. The molecule has 0 saturated carbocycles. The fourth-order valence-electron chi connectivity index (χ4n) is 3.83. The number of fused-ring (bicyclic) bond motifs is 1. The minimum Gasteiger partial charge on any atom is -0.490 e. The van der Waals surface area contributed by atoms with E-state index in [1.807, 2.05) is 12.1 Å². The average Bonchev–Trinajstić information content (AvgIpc) is 3.14. The molecule has 150 valence electrons. The molecule has 4 rings (SSSR count). The first kappa shape index (κ1) is 19.3. The molecule has 1 aromatic heterocycles. The zero-order valence-electron chi connectivity index (χ0n) is 16.4. The molecule has 1 N–H and O–H groups in total. The summed E-state index contributed by atoms with van der Waals surface area (Å²) in [6.45, 7) is 6.38. The van der Waals surface area contributed by atoms with Gasteiger partial charge in [-0.1, -0.05) is 13.0 Å². The standard InChI is InChI=1S/C22H28N2O3S/c1-16-7-9-24(10-8-16)18(21-4-2-13-28-21)15-23-22(25)17-5-6-19-20(14-17)27-12-3-11-26-19/h2,4-6,13-14,16,18H,3,7-12,15H2,1H3,(H,23,25). The molecule has 1 unspecified atom stereocenters. The first-order valence-electron chi connectivity index (χ1n) is 10.2. The van der Waals surface area contributed by atoms with Gasteiger partial charge in [-0.05, 0) is 61.5 Å². The van der Waals surface area contributed by atoms with Gasteiger partial charge in [-0.3, -0.25) is 9.69 Å². The lowest BCUT2D eigenvalue weighted by atomic mass is 9.97. The van der Waals surface area contributed by atoms with Gasteiger partial charge in [0.1, 0.15) is 0 Å². The van der Waals surface area contributed by atoms with Crippen molar-refractivity contribution in [2.75, 3.05) is 32.8 Å². The van der Waals surface area contributed by atoms with Gasteiger partial charge in [-0.15, -0.1) is 11.3 Å². The number of benzene rings is 1. The van der Waals surface area contributed by atoms with Crippen molar-refractivity contribution in [3.8, 4) is 11.5 Å². The lowest BCUT2D eigenvalue weighted by Gasteiger charge is -2.36. The first-order valence-corrected chi connectivity index (χ1v) is 11.0. The largest absolute Gasteiger partial charge is 0.490 e. The van der Waals surface area contributed by atoms with Crippen LogP contribution in [0.4, 0.5) is 0 Å². The lowest BCUT2D eigenvalue weighted by Crippen LogP contribution is -2.41. The lowest BCUT2D eigenvalue weighted by molar-refractivity contribution is 0.0914. The van der Waals surface area contributed by atoms with Crippen LogP contribution in [-0.2, 0) is 0 Å². The van der Waals surface area contributed by atoms with Gasteiger partial charge in [0.05, 0.1) is 19.3 Å². The molecule has 0 aliphatic carbocycles. The summed E-state index contributed by atoms with van der Waals surface area (Å²) in [6, 6.07) is 9.93. The summed E-state index contributed by atoms with van der Waals surface area (Å²) in [4.78, 5) is 16.6. The van der Waals surface area contributed by atoms with Crippen LogP contribution >= 0.6 is 11.3 Å². The van der Waals surface area contributed by atoms with E-state index in [0.717, 1.165) is 25.4 Å². The molecule has 1 aromatic carbocycles. The van der Waals surface area contributed by atoms with Crippen molar-refractivity contribution in [2.45, 2.75) is 32.2 Å². The van der Waals surface area contributed by atoms with Crippen molar-refractivity contribution in [2.24, 2.45) is 5.92 Å².